The van der Waals surface area contributed by atoms with E-state index >= 15 is 0 Å². The summed E-state index contributed by atoms with van der Waals surface area (Å²) in [5.41, 5.74) is 6.17. The number of rotatable bonds is 1. The Balaban J connectivity index is 0.000000424. The summed E-state index contributed by atoms with van der Waals surface area (Å²) in [4.78, 5) is 8.11. The maximum Gasteiger partial charge on any atom is 0.168 e. The van der Waals surface area contributed by atoms with Gasteiger partial charge in [-0.3, -0.25) is 0 Å². The fourth-order valence-electron chi connectivity index (χ4n) is 0.664. The van der Waals surface area contributed by atoms with Crippen LogP contribution in [0.3, 0.4) is 0 Å². The lowest BCUT2D eigenvalue weighted by Crippen LogP contribution is -2.18. The number of benzene rings is 1. The minimum Gasteiger partial charge on any atom is -0.379 e. The Bertz CT molecular complexity index is 266. The molecule has 0 saturated carbocycles. The first-order valence-electron chi connectivity index (χ1n) is 3.29. The SMILES string of the molecule is NC(=S)Nc1ccccc1.O=NO. The van der Waals surface area contributed by atoms with Crippen LogP contribution in [0.2, 0.25) is 0 Å². The minimum absolute atomic E-state index is 0.297. The first kappa shape index (κ1) is 11.3. The summed E-state index contributed by atoms with van der Waals surface area (Å²) in [7, 11) is 0. The van der Waals surface area contributed by atoms with Crippen LogP contribution in [0.25, 0.3) is 0 Å². The van der Waals surface area contributed by atoms with Gasteiger partial charge in [0.25, 0.3) is 0 Å². The normalized spacial score (nSPS) is 7.69. The fraction of sp³-hybridized carbons (Fsp3) is 0. The molecule has 4 N–H and O–H groups in total. The van der Waals surface area contributed by atoms with Crippen LogP contribution in [0.5, 0.6) is 0 Å². The van der Waals surface area contributed by atoms with Crippen LogP contribution in [-0.2, 0) is 0 Å². The summed E-state index contributed by atoms with van der Waals surface area (Å²) in [6.07, 6.45) is 0. The average Bonchev–Trinajstić information content (AvgIpc) is 2.06. The molecule has 1 rings (SSSR count). The Morgan fingerprint density at radius 2 is 1.92 bits per heavy atom. The van der Waals surface area contributed by atoms with Crippen LogP contribution in [0, 0.1) is 4.91 Å². The van der Waals surface area contributed by atoms with E-state index in [9.17, 15) is 0 Å². The molecule has 0 aliphatic carbocycles. The van der Waals surface area contributed by atoms with Crippen LogP contribution in [0.4, 0.5) is 5.69 Å². The Morgan fingerprint density at radius 3 is 2.31 bits per heavy atom. The molecule has 0 bridgehead atoms. The van der Waals surface area contributed by atoms with E-state index in [0.717, 1.165) is 5.69 Å². The maximum absolute atomic E-state index is 8.11. The molecule has 1 aromatic rings. The summed E-state index contributed by atoms with van der Waals surface area (Å²) < 4.78 is 0. The minimum atomic E-state index is 0.297. The highest BCUT2D eigenvalue weighted by Crippen LogP contribution is 2.03. The zero-order valence-electron chi connectivity index (χ0n) is 6.68. The molecule has 0 radical (unpaired) electrons. The first-order chi connectivity index (χ1) is 6.20. The molecule has 0 unspecified atom stereocenters. The number of nitrogens with two attached hydrogens (primary N) is 1. The summed E-state index contributed by atoms with van der Waals surface area (Å²) in [5, 5.41) is 11.0. The second-order valence-corrected chi connectivity index (χ2v) is 2.38. The Labute approximate surface area is 80.5 Å². The van der Waals surface area contributed by atoms with E-state index in [0.29, 0.717) is 5.11 Å². The summed E-state index contributed by atoms with van der Waals surface area (Å²) >= 11 is 4.64. The summed E-state index contributed by atoms with van der Waals surface area (Å²) in [6, 6.07) is 9.57. The van der Waals surface area contributed by atoms with Gasteiger partial charge in [0.05, 0.1) is 0 Å². The Morgan fingerprint density at radius 1 is 1.46 bits per heavy atom. The van der Waals surface area contributed by atoms with Crippen LogP contribution >= 0.6 is 12.2 Å². The van der Waals surface area contributed by atoms with Gasteiger partial charge < -0.3 is 16.3 Å². The topological polar surface area (TPSA) is 87.7 Å². The standard InChI is InChI=1S/C7H8N2S.HNO2/c8-7(10)9-6-4-2-1-3-5-6;2-1-3/h1-5H,(H3,8,9,10);(H,2,3). The number of thiocarbonyl (C=S) groups is 1. The quantitative estimate of drug-likeness (QED) is 0.362. The van der Waals surface area contributed by atoms with Crippen molar-refractivity contribution >= 4 is 23.0 Å². The number of nitrogens with zero attached hydrogens (tertiary/aromatic N) is 1. The molecular weight excluding hydrogens is 190 g/mol. The third-order valence-electron chi connectivity index (χ3n) is 1.04. The van der Waals surface area contributed by atoms with E-state index in [4.69, 9.17) is 15.8 Å². The predicted molar refractivity (Wildman–Crippen MR) is 54.4 cm³/mol. The van der Waals surface area contributed by atoms with E-state index in [2.05, 4.69) is 17.5 Å². The molecule has 0 aliphatic heterocycles. The van der Waals surface area contributed by atoms with Crippen molar-refractivity contribution in [1.29, 1.82) is 0 Å². The molecule has 6 heteroatoms. The fourth-order valence-corrected chi connectivity index (χ4v) is 0.782. The van der Waals surface area contributed by atoms with Crippen molar-refractivity contribution in [2.75, 3.05) is 5.32 Å². The van der Waals surface area contributed by atoms with Gasteiger partial charge in [0.2, 0.25) is 0 Å². The highest BCUT2D eigenvalue weighted by atomic mass is 32.1. The van der Waals surface area contributed by atoms with Crippen molar-refractivity contribution in [2.45, 2.75) is 0 Å². The van der Waals surface area contributed by atoms with E-state index in [1.807, 2.05) is 30.3 Å². The molecule has 0 saturated heterocycles. The van der Waals surface area contributed by atoms with Gasteiger partial charge in [0.1, 0.15) is 0 Å². The molecule has 13 heavy (non-hydrogen) atoms. The van der Waals surface area contributed by atoms with E-state index in [1.165, 1.54) is 5.34 Å². The number of anilines is 1. The number of hydrogen-bond acceptors (Lipinski definition) is 3. The number of para-hydroxylation sites is 1. The number of hydrogen-bond donors (Lipinski definition) is 3. The third-order valence-corrected chi connectivity index (χ3v) is 1.14. The van der Waals surface area contributed by atoms with E-state index < -0.39 is 0 Å². The molecule has 0 heterocycles. The van der Waals surface area contributed by atoms with Gasteiger partial charge in [-0.05, 0) is 24.4 Å². The molecule has 0 aromatic heterocycles. The summed E-state index contributed by atoms with van der Waals surface area (Å²) in [5.74, 6) is 0. The maximum atomic E-state index is 8.11. The lowest BCUT2D eigenvalue weighted by atomic mass is 10.3. The first-order valence-corrected chi connectivity index (χ1v) is 3.69. The van der Waals surface area contributed by atoms with E-state index in [-0.39, 0.29) is 0 Å². The van der Waals surface area contributed by atoms with Gasteiger partial charge >= 0.3 is 0 Å². The van der Waals surface area contributed by atoms with Gasteiger partial charge in [-0.2, -0.15) is 0 Å². The van der Waals surface area contributed by atoms with Crippen molar-refractivity contribution in [1.82, 2.24) is 0 Å². The second kappa shape index (κ2) is 6.99. The van der Waals surface area contributed by atoms with Gasteiger partial charge in [0.15, 0.2) is 10.5 Å². The molecule has 0 amide bonds. The van der Waals surface area contributed by atoms with Crippen molar-refractivity contribution in [3.05, 3.63) is 35.2 Å². The van der Waals surface area contributed by atoms with Crippen LogP contribution in [0.1, 0.15) is 0 Å². The molecular formula is C7H9N3O2S. The summed E-state index contributed by atoms with van der Waals surface area (Å²) in [6.45, 7) is 0. The number of nitrogens with one attached hydrogen (secondary N) is 1. The molecule has 0 aliphatic rings. The van der Waals surface area contributed by atoms with Crippen molar-refractivity contribution < 1.29 is 5.21 Å². The lowest BCUT2D eigenvalue weighted by molar-refractivity contribution is 0.312. The molecule has 0 spiro atoms. The molecule has 0 atom stereocenters. The van der Waals surface area contributed by atoms with Gasteiger partial charge in [-0.1, -0.05) is 18.2 Å². The monoisotopic (exact) mass is 199 g/mol. The van der Waals surface area contributed by atoms with Gasteiger partial charge in [0, 0.05) is 5.69 Å². The van der Waals surface area contributed by atoms with Crippen molar-refractivity contribution in [2.24, 2.45) is 11.1 Å². The Hall–Kier alpha value is -1.69. The zero-order valence-corrected chi connectivity index (χ0v) is 7.49. The molecule has 0 fully saturated rings. The molecule has 5 nitrogen and oxygen atoms in total. The Kier molecular flexibility index (Phi) is 6.08. The lowest BCUT2D eigenvalue weighted by Gasteiger charge is -2.00. The van der Waals surface area contributed by atoms with Gasteiger partial charge in [-0.25, -0.2) is 0 Å². The molecule has 1 aromatic carbocycles. The third kappa shape index (κ3) is 6.70. The zero-order chi connectivity index (χ0) is 10.1. The largest absolute Gasteiger partial charge is 0.379 e. The average molecular weight is 199 g/mol. The smallest absolute Gasteiger partial charge is 0.168 e. The van der Waals surface area contributed by atoms with Crippen LogP contribution < -0.4 is 11.1 Å². The second-order valence-electron chi connectivity index (χ2n) is 1.94. The van der Waals surface area contributed by atoms with Gasteiger partial charge in [-0.15, -0.1) is 4.91 Å². The highest BCUT2D eigenvalue weighted by Gasteiger charge is 1.87. The predicted octanol–water partition coefficient (Wildman–Crippen LogP) is 1.48. The van der Waals surface area contributed by atoms with Crippen molar-refractivity contribution in [3.63, 3.8) is 0 Å². The van der Waals surface area contributed by atoms with Crippen LogP contribution in [0.15, 0.2) is 35.7 Å². The highest BCUT2D eigenvalue weighted by molar-refractivity contribution is 7.80. The van der Waals surface area contributed by atoms with Crippen LogP contribution in [-0.4, -0.2) is 10.3 Å². The van der Waals surface area contributed by atoms with Crippen molar-refractivity contribution in [3.8, 4) is 0 Å². The molecule has 70 valence electrons. The van der Waals surface area contributed by atoms with E-state index in [1.54, 1.807) is 0 Å².